The van der Waals surface area contributed by atoms with Gasteiger partial charge in [0, 0.05) is 18.7 Å². The van der Waals surface area contributed by atoms with Gasteiger partial charge in [-0.1, -0.05) is 0 Å². The molecule has 1 aliphatic rings. The van der Waals surface area contributed by atoms with Crippen molar-refractivity contribution in [3.8, 4) is 17.2 Å². The molecule has 1 atom stereocenters. The van der Waals surface area contributed by atoms with Gasteiger partial charge in [0.25, 0.3) is 0 Å². The summed E-state index contributed by atoms with van der Waals surface area (Å²) in [5.74, 6) is 2.42. The molecule has 2 heterocycles. The lowest BCUT2D eigenvalue weighted by Gasteiger charge is -2.25. The van der Waals surface area contributed by atoms with Crippen molar-refractivity contribution in [1.29, 1.82) is 0 Å². The third-order valence-electron chi connectivity index (χ3n) is 5.25. The van der Waals surface area contributed by atoms with Crippen molar-refractivity contribution in [2.45, 2.75) is 18.9 Å². The Balaban J connectivity index is 1.84. The number of nitrogens with one attached hydrogen (secondary N) is 1. The first-order valence-electron chi connectivity index (χ1n) is 10.2. The van der Waals surface area contributed by atoms with E-state index >= 15 is 0 Å². The Labute approximate surface area is 185 Å². The summed E-state index contributed by atoms with van der Waals surface area (Å²) in [6.45, 7) is 0.0622. The third kappa shape index (κ3) is 4.11. The summed E-state index contributed by atoms with van der Waals surface area (Å²) in [6.07, 6.45) is 3.11. The highest BCUT2D eigenvalue weighted by atomic mass is 19.1. The standard InChI is InChI=1S/C23H25FN4O4/c1-30-19-11-15(12-20(31-2)22(19)32-3)18-13-17(14-6-8-16(24)9-7-14)25-23-26-21(5-4-10-29)27-28(18)23/h6-9,11-13,18,29H,4-5,10H2,1-3H3,(H,25,26,27). The number of aryl methyl sites for hydroxylation is 1. The van der Waals surface area contributed by atoms with Gasteiger partial charge < -0.3 is 24.6 Å². The lowest BCUT2D eigenvalue weighted by atomic mass is 10.0. The molecule has 0 bridgehead atoms. The Morgan fingerprint density at radius 3 is 2.34 bits per heavy atom. The van der Waals surface area contributed by atoms with E-state index in [2.05, 4.69) is 15.4 Å². The van der Waals surface area contributed by atoms with Gasteiger partial charge in [0.2, 0.25) is 11.7 Å². The van der Waals surface area contributed by atoms with Crippen LogP contribution < -0.4 is 19.5 Å². The SMILES string of the molecule is COc1cc(C2C=C(c3ccc(F)cc3)Nc3nc(CCCO)nn32)cc(OC)c1OC. The van der Waals surface area contributed by atoms with Gasteiger partial charge in [-0.2, -0.15) is 10.1 Å². The molecule has 32 heavy (non-hydrogen) atoms. The van der Waals surface area contributed by atoms with E-state index < -0.39 is 0 Å². The fourth-order valence-electron chi connectivity index (χ4n) is 3.69. The first-order valence-corrected chi connectivity index (χ1v) is 10.2. The predicted molar refractivity (Wildman–Crippen MR) is 118 cm³/mol. The molecule has 0 radical (unpaired) electrons. The molecule has 0 aliphatic carbocycles. The molecule has 1 aromatic heterocycles. The summed E-state index contributed by atoms with van der Waals surface area (Å²) in [4.78, 5) is 4.60. The monoisotopic (exact) mass is 440 g/mol. The molecule has 8 nitrogen and oxygen atoms in total. The average molecular weight is 440 g/mol. The minimum absolute atomic E-state index is 0.0622. The van der Waals surface area contributed by atoms with E-state index in [0.717, 1.165) is 16.8 Å². The minimum atomic E-state index is -0.338. The molecule has 0 fully saturated rings. The Hall–Kier alpha value is -3.59. The van der Waals surface area contributed by atoms with Crippen molar-refractivity contribution in [3.63, 3.8) is 0 Å². The number of anilines is 1. The number of ether oxygens (including phenoxy) is 3. The number of nitrogens with zero attached hydrogens (tertiary/aromatic N) is 3. The van der Waals surface area contributed by atoms with E-state index in [1.54, 1.807) is 38.1 Å². The van der Waals surface area contributed by atoms with E-state index in [0.29, 0.717) is 41.9 Å². The molecule has 0 spiro atoms. The molecule has 2 N–H and O–H groups in total. The summed E-state index contributed by atoms with van der Waals surface area (Å²) < 4.78 is 31.7. The van der Waals surface area contributed by atoms with Gasteiger partial charge in [0.15, 0.2) is 17.3 Å². The zero-order chi connectivity index (χ0) is 22.7. The summed E-state index contributed by atoms with van der Waals surface area (Å²) in [5.41, 5.74) is 2.44. The van der Waals surface area contributed by atoms with E-state index in [-0.39, 0.29) is 18.5 Å². The second kappa shape index (κ2) is 9.27. The maximum Gasteiger partial charge on any atom is 0.226 e. The van der Waals surface area contributed by atoms with Crippen LogP contribution in [0, 0.1) is 5.82 Å². The maximum atomic E-state index is 13.5. The summed E-state index contributed by atoms with van der Waals surface area (Å²) in [6, 6.07) is 9.65. The molecule has 4 rings (SSSR count). The van der Waals surface area contributed by atoms with Gasteiger partial charge in [-0.3, -0.25) is 0 Å². The first-order chi connectivity index (χ1) is 15.6. The minimum Gasteiger partial charge on any atom is -0.493 e. The fourth-order valence-corrected chi connectivity index (χ4v) is 3.69. The lowest BCUT2D eigenvalue weighted by Crippen LogP contribution is -2.20. The molecule has 3 aromatic rings. The maximum absolute atomic E-state index is 13.5. The zero-order valence-corrected chi connectivity index (χ0v) is 18.1. The van der Waals surface area contributed by atoms with Crippen LogP contribution in [0.4, 0.5) is 10.3 Å². The Morgan fingerprint density at radius 1 is 1.06 bits per heavy atom. The third-order valence-corrected chi connectivity index (χ3v) is 5.25. The number of fused-ring (bicyclic) bond motifs is 1. The predicted octanol–water partition coefficient (Wildman–Crippen LogP) is 3.42. The van der Waals surface area contributed by atoms with Crippen molar-refractivity contribution in [2.24, 2.45) is 0 Å². The molecule has 1 unspecified atom stereocenters. The van der Waals surface area contributed by atoms with Crippen LogP contribution in [0.25, 0.3) is 5.70 Å². The normalized spacial score (nSPS) is 14.9. The van der Waals surface area contributed by atoms with Crippen LogP contribution in [0.2, 0.25) is 0 Å². The molecule has 168 valence electrons. The Kier molecular flexibility index (Phi) is 6.27. The number of rotatable bonds is 8. The molecule has 0 amide bonds. The van der Waals surface area contributed by atoms with E-state index in [1.807, 2.05) is 18.2 Å². The van der Waals surface area contributed by atoms with Crippen molar-refractivity contribution in [3.05, 3.63) is 65.2 Å². The van der Waals surface area contributed by atoms with Gasteiger partial charge in [0.1, 0.15) is 11.9 Å². The number of halogens is 1. The number of hydrogen-bond acceptors (Lipinski definition) is 7. The summed E-state index contributed by atoms with van der Waals surface area (Å²) in [5, 5.41) is 17.1. The van der Waals surface area contributed by atoms with Crippen LogP contribution in [-0.2, 0) is 6.42 Å². The van der Waals surface area contributed by atoms with E-state index in [4.69, 9.17) is 14.2 Å². The second-order valence-electron chi connectivity index (χ2n) is 7.24. The number of aromatic nitrogens is 3. The summed E-state index contributed by atoms with van der Waals surface area (Å²) in [7, 11) is 4.69. The molecular formula is C23H25FN4O4. The van der Waals surface area contributed by atoms with Gasteiger partial charge in [-0.05, 0) is 60.0 Å². The second-order valence-corrected chi connectivity index (χ2v) is 7.24. The summed E-state index contributed by atoms with van der Waals surface area (Å²) >= 11 is 0. The number of aliphatic hydroxyl groups excluding tert-OH is 1. The average Bonchev–Trinajstić information content (AvgIpc) is 3.24. The van der Waals surface area contributed by atoms with Crippen molar-refractivity contribution in [1.82, 2.24) is 14.8 Å². The number of aliphatic hydroxyl groups is 1. The molecule has 2 aromatic carbocycles. The fraction of sp³-hybridized carbons (Fsp3) is 0.304. The van der Waals surface area contributed by atoms with Gasteiger partial charge in [-0.15, -0.1) is 0 Å². The van der Waals surface area contributed by atoms with Crippen molar-refractivity contribution < 1.29 is 23.7 Å². The molecular weight excluding hydrogens is 415 g/mol. The molecule has 1 aliphatic heterocycles. The largest absolute Gasteiger partial charge is 0.493 e. The topological polar surface area (TPSA) is 90.7 Å². The van der Waals surface area contributed by atoms with E-state index in [9.17, 15) is 9.50 Å². The Bertz CT molecular complexity index is 1100. The molecule has 9 heteroatoms. The molecule has 0 saturated carbocycles. The highest BCUT2D eigenvalue weighted by Gasteiger charge is 2.27. The Morgan fingerprint density at radius 2 is 1.75 bits per heavy atom. The number of allylic oxidation sites excluding steroid dienone is 1. The lowest BCUT2D eigenvalue weighted by molar-refractivity contribution is 0.287. The van der Waals surface area contributed by atoms with Crippen LogP contribution in [0.5, 0.6) is 17.2 Å². The van der Waals surface area contributed by atoms with Crippen LogP contribution >= 0.6 is 0 Å². The number of hydrogen-bond donors (Lipinski definition) is 2. The van der Waals surface area contributed by atoms with E-state index in [1.165, 1.54) is 12.1 Å². The number of methoxy groups -OCH3 is 3. The highest BCUT2D eigenvalue weighted by Crippen LogP contribution is 2.42. The van der Waals surface area contributed by atoms with Gasteiger partial charge >= 0.3 is 0 Å². The van der Waals surface area contributed by atoms with Gasteiger partial charge in [-0.25, -0.2) is 9.07 Å². The highest BCUT2D eigenvalue weighted by molar-refractivity contribution is 5.77. The van der Waals surface area contributed by atoms with Crippen LogP contribution in [0.1, 0.15) is 29.4 Å². The van der Waals surface area contributed by atoms with Crippen LogP contribution in [0.15, 0.2) is 42.5 Å². The number of benzene rings is 2. The van der Waals surface area contributed by atoms with Crippen LogP contribution in [0.3, 0.4) is 0 Å². The van der Waals surface area contributed by atoms with Gasteiger partial charge in [0.05, 0.1) is 21.3 Å². The zero-order valence-electron chi connectivity index (χ0n) is 18.1. The van der Waals surface area contributed by atoms with Crippen molar-refractivity contribution >= 4 is 11.6 Å². The smallest absolute Gasteiger partial charge is 0.226 e. The first kappa shape index (κ1) is 21.6. The quantitative estimate of drug-likeness (QED) is 0.555. The molecule has 0 saturated heterocycles. The van der Waals surface area contributed by atoms with Crippen molar-refractivity contribution in [2.75, 3.05) is 33.3 Å². The van der Waals surface area contributed by atoms with Crippen LogP contribution in [-0.4, -0.2) is 47.8 Å².